The lowest BCUT2D eigenvalue weighted by Gasteiger charge is -2.39. The number of likely N-dealkylation sites (tertiary alicyclic amines) is 1. The van der Waals surface area contributed by atoms with E-state index in [1.165, 1.54) is 24.0 Å². The van der Waals surface area contributed by atoms with Crippen LogP contribution >= 0.6 is 0 Å². The van der Waals surface area contributed by atoms with E-state index in [9.17, 15) is 9.59 Å². The number of rotatable bonds is 12. The van der Waals surface area contributed by atoms with Crippen molar-refractivity contribution >= 4 is 17.6 Å². The quantitative estimate of drug-likeness (QED) is 0.264. The van der Waals surface area contributed by atoms with Crippen molar-refractivity contribution in [3.05, 3.63) is 102 Å². The van der Waals surface area contributed by atoms with Gasteiger partial charge in [0.25, 0.3) is 5.91 Å². The van der Waals surface area contributed by atoms with E-state index in [2.05, 4.69) is 65.7 Å². The Morgan fingerprint density at radius 3 is 2.15 bits per heavy atom. The van der Waals surface area contributed by atoms with Gasteiger partial charge in [0.2, 0.25) is 0 Å². The molecule has 1 aliphatic rings. The molecular weight excluding hydrogens is 484 g/mol. The highest BCUT2D eigenvalue weighted by atomic mass is 16.2. The molecule has 0 bridgehead atoms. The number of nitrogens with one attached hydrogen (secondary N) is 1. The fourth-order valence-electron chi connectivity index (χ4n) is 5.63. The first-order chi connectivity index (χ1) is 19.1. The van der Waals surface area contributed by atoms with Gasteiger partial charge in [0.15, 0.2) is 0 Å². The summed E-state index contributed by atoms with van der Waals surface area (Å²) in [6.07, 6.45) is 7.29. The maximum atomic E-state index is 13.6. The minimum atomic E-state index is -0.525. The van der Waals surface area contributed by atoms with Crippen LogP contribution in [-0.4, -0.2) is 42.5 Å². The van der Waals surface area contributed by atoms with Crippen molar-refractivity contribution in [2.45, 2.75) is 64.0 Å². The summed E-state index contributed by atoms with van der Waals surface area (Å²) < 4.78 is 0. The van der Waals surface area contributed by atoms with E-state index in [0.29, 0.717) is 17.8 Å². The Morgan fingerprint density at radius 2 is 1.51 bits per heavy atom. The van der Waals surface area contributed by atoms with Gasteiger partial charge in [-0.05, 0) is 49.1 Å². The van der Waals surface area contributed by atoms with Crippen LogP contribution < -0.4 is 16.0 Å². The normalized spacial score (nSPS) is 15.7. The first-order valence-corrected chi connectivity index (χ1v) is 14.4. The zero-order chi connectivity index (χ0) is 27.5. The molecule has 0 aromatic heterocycles. The lowest BCUT2D eigenvalue weighted by atomic mass is 9.94. The third kappa shape index (κ3) is 7.70. The van der Waals surface area contributed by atoms with Gasteiger partial charge in [-0.1, -0.05) is 105 Å². The summed E-state index contributed by atoms with van der Waals surface area (Å²) in [7, 11) is 0. The molecule has 3 aromatic carbocycles. The van der Waals surface area contributed by atoms with E-state index in [-0.39, 0.29) is 18.0 Å². The van der Waals surface area contributed by atoms with E-state index in [0.717, 1.165) is 45.2 Å². The summed E-state index contributed by atoms with van der Waals surface area (Å²) >= 11 is 0. The number of unbranched alkanes of at least 4 members (excludes halogenated alkanes) is 4. The molecule has 0 aliphatic carbocycles. The number of amides is 3. The number of hydrogen-bond acceptors (Lipinski definition) is 3. The highest BCUT2D eigenvalue weighted by Crippen LogP contribution is 2.31. The summed E-state index contributed by atoms with van der Waals surface area (Å²) in [5, 5.41) is 3.28. The lowest BCUT2D eigenvalue weighted by Crippen LogP contribution is -2.49. The van der Waals surface area contributed by atoms with E-state index in [4.69, 9.17) is 5.73 Å². The van der Waals surface area contributed by atoms with Crippen LogP contribution in [0.1, 0.15) is 79.4 Å². The zero-order valence-corrected chi connectivity index (χ0v) is 23.1. The maximum absolute atomic E-state index is 13.6. The topological polar surface area (TPSA) is 78.7 Å². The smallest absolute Gasteiger partial charge is 0.319 e. The molecular formula is C33H42N4O2. The van der Waals surface area contributed by atoms with Crippen molar-refractivity contribution in [3.8, 4) is 0 Å². The molecule has 3 aromatic rings. The van der Waals surface area contributed by atoms with Gasteiger partial charge in [0.05, 0.1) is 17.3 Å². The number of benzene rings is 3. The summed E-state index contributed by atoms with van der Waals surface area (Å²) in [5.41, 5.74) is 9.34. The molecule has 4 rings (SSSR count). The number of carbonyl (C=O) groups is 2. The number of hydrogen-bond donors (Lipinski definition) is 2. The molecule has 1 fully saturated rings. The predicted octanol–water partition coefficient (Wildman–Crippen LogP) is 6.53. The van der Waals surface area contributed by atoms with E-state index < -0.39 is 6.03 Å². The highest BCUT2D eigenvalue weighted by Gasteiger charge is 2.30. The van der Waals surface area contributed by atoms with Crippen molar-refractivity contribution in [1.29, 1.82) is 0 Å². The first kappa shape index (κ1) is 28.4. The number of nitrogens with two attached hydrogens (primary N) is 1. The van der Waals surface area contributed by atoms with E-state index in [1.807, 2.05) is 30.3 Å². The second-order valence-corrected chi connectivity index (χ2v) is 10.5. The molecule has 6 heteroatoms. The molecule has 0 radical (unpaired) electrons. The number of anilines is 1. The first-order valence-electron chi connectivity index (χ1n) is 14.4. The Morgan fingerprint density at radius 1 is 0.897 bits per heavy atom. The molecule has 39 heavy (non-hydrogen) atoms. The average molecular weight is 527 g/mol. The molecule has 1 aliphatic heterocycles. The Kier molecular flexibility index (Phi) is 10.5. The van der Waals surface area contributed by atoms with Crippen LogP contribution in [0.3, 0.4) is 0 Å². The van der Waals surface area contributed by atoms with Gasteiger partial charge in [-0.2, -0.15) is 0 Å². The number of urea groups is 1. The van der Waals surface area contributed by atoms with Gasteiger partial charge < -0.3 is 11.1 Å². The number of nitrogens with zero attached hydrogens (tertiary/aromatic N) is 2. The second-order valence-electron chi connectivity index (χ2n) is 10.5. The minimum absolute atomic E-state index is 0.00491. The van der Waals surface area contributed by atoms with Gasteiger partial charge in [0.1, 0.15) is 0 Å². The van der Waals surface area contributed by atoms with Gasteiger partial charge >= 0.3 is 6.03 Å². The Hall–Kier alpha value is -3.64. The average Bonchev–Trinajstić information content (AvgIpc) is 2.96. The number of piperidine rings is 1. The molecule has 206 valence electrons. The van der Waals surface area contributed by atoms with Crippen molar-refractivity contribution in [3.63, 3.8) is 0 Å². The molecule has 1 heterocycles. The zero-order valence-electron chi connectivity index (χ0n) is 23.1. The highest BCUT2D eigenvalue weighted by molar-refractivity contribution is 6.04. The fourth-order valence-corrected chi connectivity index (χ4v) is 5.63. The van der Waals surface area contributed by atoms with Crippen molar-refractivity contribution < 1.29 is 9.59 Å². The van der Waals surface area contributed by atoms with E-state index in [1.54, 1.807) is 11.0 Å². The van der Waals surface area contributed by atoms with Crippen molar-refractivity contribution in [2.24, 2.45) is 5.73 Å². The van der Waals surface area contributed by atoms with Crippen LogP contribution in [0.25, 0.3) is 0 Å². The van der Waals surface area contributed by atoms with Crippen molar-refractivity contribution in [2.75, 3.05) is 24.5 Å². The third-order valence-electron chi connectivity index (χ3n) is 7.57. The Labute approximate surface area is 233 Å². The molecule has 1 atom stereocenters. The van der Waals surface area contributed by atoms with Crippen LogP contribution in [0.4, 0.5) is 10.5 Å². The predicted molar refractivity (Wildman–Crippen MR) is 159 cm³/mol. The molecule has 3 N–H and O–H groups in total. The number of primary amides is 1. The van der Waals surface area contributed by atoms with Gasteiger partial charge in [-0.3, -0.25) is 14.6 Å². The largest absolute Gasteiger partial charge is 0.351 e. The van der Waals surface area contributed by atoms with E-state index >= 15 is 0 Å². The molecule has 1 saturated heterocycles. The van der Waals surface area contributed by atoms with Gasteiger partial charge in [-0.25, -0.2) is 4.79 Å². The van der Waals surface area contributed by atoms with Gasteiger partial charge in [0, 0.05) is 19.1 Å². The van der Waals surface area contributed by atoms with Crippen LogP contribution in [0, 0.1) is 0 Å². The van der Waals surface area contributed by atoms with Crippen LogP contribution in [-0.2, 0) is 0 Å². The molecule has 1 unspecified atom stereocenters. The maximum Gasteiger partial charge on any atom is 0.319 e. The standard InChI is InChI=1S/C33H42N4O2/c1-2-3-4-5-14-24-37(33(34)39)30-22-13-12-21-29(30)32(38)35-28-20-15-23-36(25-28)31(26-16-8-6-9-17-26)27-18-10-7-11-19-27/h6-13,16-19,21-22,28,31H,2-5,14-15,20,23-25H2,1H3,(H2,34,39)(H,35,38). The summed E-state index contributed by atoms with van der Waals surface area (Å²) in [5.74, 6) is -0.161. The lowest BCUT2D eigenvalue weighted by molar-refractivity contribution is 0.0888. The van der Waals surface area contributed by atoms with Crippen LogP contribution in [0.15, 0.2) is 84.9 Å². The minimum Gasteiger partial charge on any atom is -0.351 e. The molecule has 6 nitrogen and oxygen atoms in total. The Bertz CT molecular complexity index is 1150. The summed E-state index contributed by atoms with van der Waals surface area (Å²) in [6, 6.07) is 28.0. The number of para-hydroxylation sites is 1. The molecule has 3 amide bonds. The summed E-state index contributed by atoms with van der Waals surface area (Å²) in [4.78, 5) is 30.0. The van der Waals surface area contributed by atoms with Crippen LogP contribution in [0.2, 0.25) is 0 Å². The SMILES string of the molecule is CCCCCCCN(C(N)=O)c1ccccc1C(=O)NC1CCCN(C(c2ccccc2)c2ccccc2)C1. The fraction of sp³-hybridized carbons (Fsp3) is 0.394. The second kappa shape index (κ2) is 14.5. The molecule has 0 saturated carbocycles. The van der Waals surface area contributed by atoms with Crippen LogP contribution in [0.5, 0.6) is 0 Å². The van der Waals surface area contributed by atoms with Crippen molar-refractivity contribution in [1.82, 2.24) is 10.2 Å². The monoisotopic (exact) mass is 526 g/mol. The Balaban J connectivity index is 1.48. The number of carbonyl (C=O) groups excluding carboxylic acids is 2. The van der Waals surface area contributed by atoms with Gasteiger partial charge in [-0.15, -0.1) is 0 Å². The summed E-state index contributed by atoms with van der Waals surface area (Å²) in [6.45, 7) is 4.40. The molecule has 0 spiro atoms. The third-order valence-corrected chi connectivity index (χ3v) is 7.57.